The van der Waals surface area contributed by atoms with E-state index in [2.05, 4.69) is 15.2 Å². The van der Waals surface area contributed by atoms with Gasteiger partial charge in [-0.15, -0.1) is 18.3 Å². The van der Waals surface area contributed by atoms with Gasteiger partial charge >= 0.3 is 12.1 Å². The molecule has 0 saturated carbocycles. The van der Waals surface area contributed by atoms with Crippen molar-refractivity contribution in [2.75, 3.05) is 6.61 Å². The summed E-state index contributed by atoms with van der Waals surface area (Å²) in [7, 11) is 0. The average Bonchev–Trinajstić information content (AvgIpc) is 3.01. The summed E-state index contributed by atoms with van der Waals surface area (Å²) in [6, 6.07) is 8.00. The molecule has 1 aromatic carbocycles. The Morgan fingerprint density at radius 2 is 2.07 bits per heavy atom. The first-order valence-corrected chi connectivity index (χ1v) is 8.49. The third-order valence-electron chi connectivity index (χ3n) is 4.01. The minimum absolute atomic E-state index is 0.00804. The SMILES string of the molecule is N#Cc1ccc(CNC(=O)c2ccc3nn(CCO)c(=O)n3c2)c(OC(F)(F)F)c1. The second-order valence-corrected chi connectivity index (χ2v) is 6.04. The number of carbonyl (C=O) groups excluding carboxylic acids is 1. The van der Waals surface area contributed by atoms with Gasteiger partial charge in [-0.05, 0) is 24.3 Å². The zero-order valence-corrected chi connectivity index (χ0v) is 15.2. The van der Waals surface area contributed by atoms with Crippen LogP contribution >= 0.6 is 0 Å². The van der Waals surface area contributed by atoms with Crippen molar-refractivity contribution >= 4 is 11.6 Å². The zero-order chi connectivity index (χ0) is 21.9. The Morgan fingerprint density at radius 1 is 1.30 bits per heavy atom. The summed E-state index contributed by atoms with van der Waals surface area (Å²) >= 11 is 0. The van der Waals surface area contributed by atoms with Gasteiger partial charge in [0.25, 0.3) is 5.91 Å². The Labute approximate surface area is 166 Å². The van der Waals surface area contributed by atoms with Crippen LogP contribution in [0.5, 0.6) is 5.75 Å². The molecule has 0 saturated heterocycles. The summed E-state index contributed by atoms with van der Waals surface area (Å²) in [4.78, 5) is 24.6. The second kappa shape index (κ2) is 8.26. The number of aliphatic hydroxyl groups is 1. The number of nitrogens with one attached hydrogen (secondary N) is 1. The Morgan fingerprint density at radius 3 is 2.73 bits per heavy atom. The Balaban J connectivity index is 1.81. The van der Waals surface area contributed by atoms with Gasteiger partial charge in [-0.3, -0.25) is 4.79 Å². The highest BCUT2D eigenvalue weighted by molar-refractivity contribution is 5.94. The molecule has 0 aliphatic rings. The molecular formula is C18H14F3N5O4. The summed E-state index contributed by atoms with van der Waals surface area (Å²) in [6.45, 7) is -0.612. The van der Waals surface area contributed by atoms with Gasteiger partial charge in [0.1, 0.15) is 5.75 Å². The van der Waals surface area contributed by atoms with Crippen LogP contribution in [0.3, 0.4) is 0 Å². The van der Waals surface area contributed by atoms with Gasteiger partial charge in [0.05, 0.1) is 30.3 Å². The van der Waals surface area contributed by atoms with Crippen LogP contribution in [-0.2, 0) is 13.1 Å². The molecule has 3 aromatic rings. The minimum Gasteiger partial charge on any atom is -0.405 e. The van der Waals surface area contributed by atoms with Gasteiger partial charge in [-0.2, -0.15) is 5.26 Å². The number of pyridine rings is 1. The number of rotatable bonds is 6. The lowest BCUT2D eigenvalue weighted by Gasteiger charge is -2.14. The van der Waals surface area contributed by atoms with E-state index in [-0.39, 0.29) is 42.0 Å². The summed E-state index contributed by atoms with van der Waals surface area (Å²) < 4.78 is 43.9. The summed E-state index contributed by atoms with van der Waals surface area (Å²) in [6.07, 6.45) is -3.73. The van der Waals surface area contributed by atoms with Crippen LogP contribution in [0.15, 0.2) is 41.3 Å². The van der Waals surface area contributed by atoms with Crippen molar-refractivity contribution in [3.05, 3.63) is 63.7 Å². The number of alkyl halides is 3. The first kappa shape index (κ1) is 20.9. The minimum atomic E-state index is -4.96. The second-order valence-electron chi connectivity index (χ2n) is 6.04. The fourth-order valence-corrected chi connectivity index (χ4v) is 2.66. The van der Waals surface area contributed by atoms with E-state index >= 15 is 0 Å². The molecule has 12 heteroatoms. The smallest absolute Gasteiger partial charge is 0.405 e. The van der Waals surface area contributed by atoms with E-state index in [0.717, 1.165) is 15.1 Å². The molecule has 2 heterocycles. The predicted octanol–water partition coefficient (Wildman–Crippen LogP) is 1.19. The lowest BCUT2D eigenvalue weighted by atomic mass is 10.1. The van der Waals surface area contributed by atoms with Gasteiger partial charge in [0.2, 0.25) is 0 Å². The number of ether oxygens (including phenoxy) is 1. The summed E-state index contributed by atoms with van der Waals surface area (Å²) in [5.74, 6) is -1.25. The van der Waals surface area contributed by atoms with Crippen LogP contribution in [0.4, 0.5) is 13.2 Å². The Hall–Kier alpha value is -3.85. The van der Waals surface area contributed by atoms with Crippen molar-refractivity contribution in [2.45, 2.75) is 19.5 Å². The molecule has 9 nitrogen and oxygen atoms in total. The van der Waals surface area contributed by atoms with E-state index in [1.165, 1.54) is 30.5 Å². The van der Waals surface area contributed by atoms with Crippen LogP contribution in [-0.4, -0.2) is 38.2 Å². The van der Waals surface area contributed by atoms with E-state index in [1.54, 1.807) is 6.07 Å². The molecule has 156 valence electrons. The number of fused-ring (bicyclic) bond motifs is 1. The molecule has 3 rings (SSSR count). The van der Waals surface area contributed by atoms with Crippen LogP contribution in [0.25, 0.3) is 5.65 Å². The first-order chi connectivity index (χ1) is 14.2. The number of carbonyl (C=O) groups is 1. The number of amides is 1. The molecule has 0 radical (unpaired) electrons. The normalized spacial score (nSPS) is 11.3. The largest absolute Gasteiger partial charge is 0.573 e. The number of aromatic nitrogens is 3. The molecule has 0 unspecified atom stereocenters. The summed E-state index contributed by atoms with van der Waals surface area (Å²) in [5, 5.41) is 24.2. The van der Waals surface area contributed by atoms with Crippen molar-refractivity contribution in [1.82, 2.24) is 19.5 Å². The molecule has 2 aromatic heterocycles. The maximum Gasteiger partial charge on any atom is 0.573 e. The van der Waals surface area contributed by atoms with Gasteiger partial charge < -0.3 is 15.2 Å². The molecule has 0 bridgehead atoms. The van der Waals surface area contributed by atoms with E-state index in [4.69, 9.17) is 10.4 Å². The van der Waals surface area contributed by atoms with Crippen molar-refractivity contribution in [1.29, 1.82) is 5.26 Å². The highest BCUT2D eigenvalue weighted by atomic mass is 19.4. The molecule has 2 N–H and O–H groups in total. The molecule has 1 amide bonds. The summed E-state index contributed by atoms with van der Waals surface area (Å²) in [5.41, 5.74) is -0.248. The molecule has 0 aliphatic carbocycles. The zero-order valence-electron chi connectivity index (χ0n) is 15.2. The highest BCUT2D eigenvalue weighted by Crippen LogP contribution is 2.27. The number of aliphatic hydroxyl groups excluding tert-OH is 1. The lowest BCUT2D eigenvalue weighted by molar-refractivity contribution is -0.274. The molecule has 30 heavy (non-hydrogen) atoms. The van der Waals surface area contributed by atoms with Gasteiger partial charge in [0.15, 0.2) is 5.65 Å². The number of nitrogens with zero attached hydrogens (tertiary/aromatic N) is 4. The van der Waals surface area contributed by atoms with Crippen molar-refractivity contribution in [3.63, 3.8) is 0 Å². The van der Waals surface area contributed by atoms with Gasteiger partial charge in [-0.25, -0.2) is 13.9 Å². The number of benzene rings is 1. The average molecular weight is 421 g/mol. The third kappa shape index (κ3) is 4.58. The van der Waals surface area contributed by atoms with Gasteiger partial charge in [-0.1, -0.05) is 6.07 Å². The highest BCUT2D eigenvalue weighted by Gasteiger charge is 2.32. The Bertz CT molecular complexity index is 1190. The van der Waals surface area contributed by atoms with E-state index in [1.807, 2.05) is 0 Å². The van der Waals surface area contributed by atoms with Crippen LogP contribution in [0.1, 0.15) is 21.5 Å². The molecule has 0 atom stereocenters. The van der Waals surface area contributed by atoms with Crippen molar-refractivity contribution in [3.8, 4) is 11.8 Å². The van der Waals surface area contributed by atoms with E-state index in [9.17, 15) is 22.8 Å². The Kier molecular flexibility index (Phi) is 5.74. The maximum absolute atomic E-state index is 12.6. The van der Waals surface area contributed by atoms with E-state index in [0.29, 0.717) is 0 Å². The van der Waals surface area contributed by atoms with Gasteiger partial charge in [0, 0.05) is 18.3 Å². The van der Waals surface area contributed by atoms with Crippen LogP contribution in [0, 0.1) is 11.3 Å². The maximum atomic E-state index is 12.6. The monoisotopic (exact) mass is 421 g/mol. The van der Waals surface area contributed by atoms with Crippen molar-refractivity contribution < 1.29 is 27.8 Å². The quantitative estimate of drug-likeness (QED) is 0.617. The fraction of sp³-hybridized carbons (Fsp3) is 0.222. The molecular weight excluding hydrogens is 407 g/mol. The molecule has 0 aliphatic heterocycles. The number of hydrogen-bond acceptors (Lipinski definition) is 6. The molecule has 0 fully saturated rings. The topological polar surface area (TPSA) is 122 Å². The number of nitriles is 1. The lowest BCUT2D eigenvalue weighted by Crippen LogP contribution is -2.26. The van der Waals surface area contributed by atoms with Crippen LogP contribution < -0.4 is 15.7 Å². The van der Waals surface area contributed by atoms with Crippen molar-refractivity contribution in [2.24, 2.45) is 0 Å². The fourth-order valence-electron chi connectivity index (χ4n) is 2.66. The first-order valence-electron chi connectivity index (χ1n) is 8.49. The third-order valence-corrected chi connectivity index (χ3v) is 4.01. The molecule has 0 spiro atoms. The van der Waals surface area contributed by atoms with Crippen LogP contribution in [0.2, 0.25) is 0 Å². The van der Waals surface area contributed by atoms with E-state index < -0.39 is 23.7 Å². The standard InChI is InChI=1S/C18H14F3N5O4/c19-18(20,21)30-14-7-11(8-22)1-2-12(14)9-23-16(28)13-3-4-15-24-26(5-6-27)17(29)25(15)10-13/h1-4,7,10,27H,5-6,9H2,(H,23,28). The number of hydrogen-bond donors (Lipinski definition) is 2. The number of halogens is 3. The predicted molar refractivity (Wildman–Crippen MR) is 95.5 cm³/mol.